The highest BCUT2D eigenvalue weighted by Gasteiger charge is 2.45. The number of ether oxygens (including phenoxy) is 1. The number of alkyl halides is 5. The topological polar surface area (TPSA) is 149 Å². The summed E-state index contributed by atoms with van der Waals surface area (Å²) in [6, 6.07) is -0.936. The summed E-state index contributed by atoms with van der Waals surface area (Å²) < 4.78 is 80.5. The molecule has 17 heteroatoms. The fraction of sp³-hybridized carbons (Fsp3) is 0.621. The van der Waals surface area contributed by atoms with E-state index in [1.54, 1.807) is 0 Å². The van der Waals surface area contributed by atoms with Crippen molar-refractivity contribution in [3.05, 3.63) is 46.3 Å². The summed E-state index contributed by atoms with van der Waals surface area (Å²) in [6.07, 6.45) is -0.648. The van der Waals surface area contributed by atoms with E-state index in [4.69, 9.17) is 14.3 Å². The lowest BCUT2D eigenvalue weighted by molar-refractivity contribution is -0.183. The zero-order valence-corrected chi connectivity index (χ0v) is 24.5. The Labute approximate surface area is 258 Å². The van der Waals surface area contributed by atoms with Crippen LogP contribution in [0.3, 0.4) is 0 Å². The summed E-state index contributed by atoms with van der Waals surface area (Å²) in [5, 5.41) is 17.6. The van der Waals surface area contributed by atoms with E-state index in [9.17, 15) is 31.5 Å². The van der Waals surface area contributed by atoms with Crippen LogP contribution in [-0.4, -0.2) is 73.6 Å². The number of amides is 2. The van der Waals surface area contributed by atoms with Gasteiger partial charge in [-0.2, -0.15) is 18.3 Å². The molecule has 1 unspecified atom stereocenters. The van der Waals surface area contributed by atoms with E-state index in [0.29, 0.717) is 42.3 Å². The molecule has 4 aliphatic rings. The van der Waals surface area contributed by atoms with Gasteiger partial charge in [-0.05, 0) is 42.8 Å². The number of halogens is 5. The first kappa shape index (κ1) is 30.6. The molecule has 1 saturated carbocycles. The number of carbonyl (C=O) groups excluding carboxylic acids is 2. The van der Waals surface area contributed by atoms with Crippen molar-refractivity contribution in [1.82, 2.24) is 40.5 Å². The van der Waals surface area contributed by atoms with Crippen LogP contribution in [0, 0.1) is 11.8 Å². The summed E-state index contributed by atoms with van der Waals surface area (Å²) in [5.41, 5.74) is 2.06. The lowest BCUT2D eigenvalue weighted by atomic mass is 9.85. The predicted octanol–water partition coefficient (Wildman–Crippen LogP) is 3.96. The minimum atomic E-state index is -4.46. The Morgan fingerprint density at radius 2 is 1.98 bits per heavy atom. The molecule has 46 heavy (non-hydrogen) atoms. The molecule has 7 rings (SSSR count). The lowest BCUT2D eigenvalue weighted by Gasteiger charge is -2.30. The maximum Gasteiger partial charge on any atom is 0.393 e. The zero-order valence-electron chi connectivity index (χ0n) is 24.5. The second-order valence-corrected chi connectivity index (χ2v) is 12.6. The summed E-state index contributed by atoms with van der Waals surface area (Å²) in [7, 11) is 0. The number of hydrogen-bond acceptors (Lipinski definition) is 9. The highest BCUT2D eigenvalue weighted by atomic mass is 19.4. The van der Waals surface area contributed by atoms with Crippen LogP contribution in [0.15, 0.2) is 22.5 Å². The van der Waals surface area contributed by atoms with E-state index in [-0.39, 0.29) is 48.3 Å². The van der Waals surface area contributed by atoms with Crippen LogP contribution in [0.4, 0.5) is 22.0 Å². The maximum atomic E-state index is 14.1. The molecule has 2 aliphatic heterocycles. The first-order valence-corrected chi connectivity index (χ1v) is 15.3. The van der Waals surface area contributed by atoms with Crippen molar-refractivity contribution in [1.29, 1.82) is 0 Å². The third-order valence-corrected chi connectivity index (χ3v) is 9.19. The molecule has 0 spiro atoms. The first-order valence-electron chi connectivity index (χ1n) is 15.3. The van der Waals surface area contributed by atoms with E-state index in [2.05, 4.69) is 31.0 Å². The number of fused-ring (bicyclic) bond motifs is 1. The van der Waals surface area contributed by atoms with Crippen molar-refractivity contribution in [2.75, 3.05) is 19.8 Å². The number of nitrogens with zero attached hydrogens (tertiary/aromatic N) is 6. The minimum absolute atomic E-state index is 0.00764. The molecule has 2 saturated heterocycles. The van der Waals surface area contributed by atoms with Crippen LogP contribution < -0.4 is 10.6 Å². The van der Waals surface area contributed by atoms with Crippen molar-refractivity contribution >= 4 is 17.6 Å². The molecule has 4 atom stereocenters. The molecule has 12 nitrogen and oxygen atoms in total. The molecule has 2 N–H and O–H groups in total. The SMILES string of the molecule is O=C(N[C@@H](C1=CCC(F)(F)CC1)c1cn2nc(C[C@H]3C[C@@H](C(F)(F)F)CNC3=O)c(C3CCOC3)nc2n1)c1nonc1C1CC1. The average molecular weight is 651 g/mol. The molecule has 0 aromatic carbocycles. The Bertz CT molecular complexity index is 1680. The number of aromatic nitrogens is 6. The predicted molar refractivity (Wildman–Crippen MR) is 147 cm³/mol. The minimum Gasteiger partial charge on any atom is -0.381 e. The van der Waals surface area contributed by atoms with Gasteiger partial charge in [0.1, 0.15) is 5.69 Å². The van der Waals surface area contributed by atoms with Crippen molar-refractivity contribution in [2.24, 2.45) is 11.8 Å². The Morgan fingerprint density at radius 3 is 2.67 bits per heavy atom. The van der Waals surface area contributed by atoms with Gasteiger partial charge in [-0.15, -0.1) is 0 Å². The van der Waals surface area contributed by atoms with Gasteiger partial charge in [-0.1, -0.05) is 11.2 Å². The molecule has 3 aromatic rings. The third kappa shape index (κ3) is 6.20. The molecule has 0 radical (unpaired) electrons. The zero-order chi connectivity index (χ0) is 32.2. The quantitative estimate of drug-likeness (QED) is 0.273. The van der Waals surface area contributed by atoms with Crippen molar-refractivity contribution in [3.63, 3.8) is 0 Å². The lowest BCUT2D eigenvalue weighted by Crippen LogP contribution is -2.47. The van der Waals surface area contributed by atoms with Crippen LogP contribution in [0.1, 0.15) is 96.1 Å². The van der Waals surface area contributed by atoms with Gasteiger partial charge in [0.15, 0.2) is 5.69 Å². The van der Waals surface area contributed by atoms with Gasteiger partial charge in [0.25, 0.3) is 17.6 Å². The second-order valence-electron chi connectivity index (χ2n) is 12.6. The molecular weight excluding hydrogens is 619 g/mol. The fourth-order valence-electron chi connectivity index (χ4n) is 6.41. The van der Waals surface area contributed by atoms with Crippen molar-refractivity contribution in [3.8, 4) is 0 Å². The number of imidazole rings is 1. The molecule has 246 valence electrons. The molecule has 5 heterocycles. The van der Waals surface area contributed by atoms with E-state index in [1.165, 1.54) is 16.8 Å². The van der Waals surface area contributed by atoms with Crippen molar-refractivity contribution in [2.45, 2.75) is 81.3 Å². The number of piperidine rings is 1. The summed E-state index contributed by atoms with van der Waals surface area (Å²) in [4.78, 5) is 35.4. The summed E-state index contributed by atoms with van der Waals surface area (Å²) in [6.45, 7) is 0.310. The number of carbonyl (C=O) groups is 2. The van der Waals surface area contributed by atoms with Gasteiger partial charge in [-0.3, -0.25) is 9.59 Å². The first-order chi connectivity index (χ1) is 21.9. The summed E-state index contributed by atoms with van der Waals surface area (Å²) in [5.74, 6) is -6.62. The van der Waals surface area contributed by atoms with E-state index in [0.717, 1.165) is 12.8 Å². The van der Waals surface area contributed by atoms with Gasteiger partial charge >= 0.3 is 6.18 Å². The standard InChI is InChI=1S/C29H31F5N8O4/c30-28(31)6-3-15(4-7-28)21(37-26(44)24-23(14-1-2-14)40-46-41-24)20-12-42-27(36-20)38-22(16-5-8-45-13-16)19(39-42)10-17-9-18(29(32,33)34)11-35-25(17)43/h3,12,14,16-18,21H,1-2,4-11,13H2,(H,35,43)(H,37,44)/t16?,17-,18-,21+/m1/s1. The largest absolute Gasteiger partial charge is 0.393 e. The smallest absolute Gasteiger partial charge is 0.381 e. The number of hydrogen-bond donors (Lipinski definition) is 2. The molecule has 2 aliphatic carbocycles. The Hall–Kier alpha value is -4.02. The maximum absolute atomic E-state index is 14.1. The molecule has 0 bridgehead atoms. The van der Waals surface area contributed by atoms with E-state index in [1.807, 2.05) is 0 Å². The summed E-state index contributed by atoms with van der Waals surface area (Å²) >= 11 is 0. The monoisotopic (exact) mass is 650 g/mol. The van der Waals surface area contributed by atoms with Gasteiger partial charge in [0, 0.05) is 50.2 Å². The fourth-order valence-corrected chi connectivity index (χ4v) is 6.41. The highest BCUT2D eigenvalue weighted by Crippen LogP contribution is 2.41. The molecule has 3 aromatic heterocycles. The van der Waals surface area contributed by atoms with Gasteiger partial charge in [0.05, 0.1) is 41.8 Å². The Balaban J connectivity index is 1.24. The van der Waals surface area contributed by atoms with Crippen LogP contribution in [0.2, 0.25) is 0 Å². The molecule has 3 fully saturated rings. The van der Waals surface area contributed by atoms with E-state index >= 15 is 0 Å². The van der Waals surface area contributed by atoms with Crippen LogP contribution in [0.5, 0.6) is 0 Å². The number of allylic oxidation sites excluding steroid dienone is 1. The molecule has 2 amide bonds. The average Bonchev–Trinajstić information content (AvgIpc) is 3.37. The number of rotatable bonds is 8. The van der Waals surface area contributed by atoms with E-state index < -0.39 is 61.2 Å². The Kier molecular flexibility index (Phi) is 7.76. The van der Waals surface area contributed by atoms with Gasteiger partial charge in [-0.25, -0.2) is 27.9 Å². The third-order valence-electron chi connectivity index (χ3n) is 9.19. The number of nitrogens with one attached hydrogen (secondary N) is 2. The van der Waals surface area contributed by atoms with Crippen molar-refractivity contribution < 1.29 is 40.9 Å². The van der Waals surface area contributed by atoms with Crippen LogP contribution in [-0.2, 0) is 16.0 Å². The van der Waals surface area contributed by atoms with Crippen LogP contribution >= 0.6 is 0 Å². The normalized spacial score (nSPS) is 25.7. The highest BCUT2D eigenvalue weighted by molar-refractivity contribution is 5.93. The second kappa shape index (κ2) is 11.7. The Morgan fingerprint density at radius 1 is 1.15 bits per heavy atom. The molecular formula is C29H31F5N8O4. The van der Waals surface area contributed by atoms with Gasteiger partial charge < -0.3 is 15.4 Å². The van der Waals surface area contributed by atoms with Gasteiger partial charge in [0.2, 0.25) is 5.91 Å². The van der Waals surface area contributed by atoms with Crippen LogP contribution in [0.25, 0.3) is 5.78 Å².